The lowest BCUT2D eigenvalue weighted by molar-refractivity contribution is 0.0343. The number of ether oxygens (including phenoxy) is 2. The minimum absolute atomic E-state index is 0.0930. The highest BCUT2D eigenvalue weighted by Gasteiger charge is 2.50. The second-order valence-electron chi connectivity index (χ2n) is 10.2. The number of nitrogens with one attached hydrogen (secondary N) is 1. The van der Waals surface area contributed by atoms with E-state index in [0.717, 1.165) is 11.3 Å². The first kappa shape index (κ1) is 25.0. The molecule has 3 aliphatic heterocycles. The van der Waals surface area contributed by atoms with Crippen molar-refractivity contribution in [2.75, 3.05) is 42.6 Å². The Morgan fingerprint density at radius 1 is 1.05 bits per heavy atom. The lowest BCUT2D eigenvalue weighted by atomic mass is 9.89. The Bertz CT molecular complexity index is 1410. The number of hydrogen-bond donors (Lipinski definition) is 1. The molecule has 2 bridgehead atoms. The summed E-state index contributed by atoms with van der Waals surface area (Å²) in [5.74, 6) is 0.918. The van der Waals surface area contributed by atoms with E-state index in [2.05, 4.69) is 10.2 Å². The second-order valence-corrected chi connectivity index (χ2v) is 10.2. The van der Waals surface area contributed by atoms with E-state index in [-0.39, 0.29) is 23.8 Å². The Kier molecular flexibility index (Phi) is 6.29. The van der Waals surface area contributed by atoms with Crippen LogP contribution in [0.4, 0.5) is 20.6 Å². The molecule has 9 heteroatoms. The zero-order valence-corrected chi connectivity index (χ0v) is 22.0. The molecule has 0 saturated carbocycles. The van der Waals surface area contributed by atoms with E-state index >= 15 is 0 Å². The molecule has 39 heavy (non-hydrogen) atoms. The number of fused-ring (bicyclic) bond motifs is 4. The fourth-order valence-electron chi connectivity index (χ4n) is 5.80. The minimum Gasteiger partial charge on any atom is -0.490 e. The summed E-state index contributed by atoms with van der Waals surface area (Å²) in [6, 6.07) is 18.8. The lowest BCUT2D eigenvalue weighted by Crippen LogP contribution is -2.65. The molecule has 2 saturated heterocycles. The maximum absolute atomic E-state index is 13.5. The molecule has 202 valence electrons. The molecule has 3 aliphatic rings. The third kappa shape index (κ3) is 4.51. The molecule has 0 unspecified atom stereocenters. The second kappa shape index (κ2) is 9.80. The maximum Gasteiger partial charge on any atom is 0.325 e. The number of nitrogens with zero attached hydrogens (tertiary/aromatic N) is 3. The van der Waals surface area contributed by atoms with Crippen molar-refractivity contribution < 1.29 is 23.5 Å². The lowest BCUT2D eigenvalue weighted by Gasteiger charge is -2.50. The fraction of sp³-hybridized carbons (Fsp3) is 0.333. The van der Waals surface area contributed by atoms with Crippen LogP contribution in [0.3, 0.4) is 0 Å². The van der Waals surface area contributed by atoms with Gasteiger partial charge in [-0.2, -0.15) is 0 Å². The molecule has 0 spiro atoms. The number of halogens is 1. The first-order valence-electron chi connectivity index (χ1n) is 13.3. The number of piperazine rings is 1. The smallest absolute Gasteiger partial charge is 0.325 e. The Morgan fingerprint density at radius 2 is 1.79 bits per heavy atom. The number of benzene rings is 3. The number of carbonyl (C=O) groups is 2. The minimum atomic E-state index is -0.963. The van der Waals surface area contributed by atoms with E-state index in [1.165, 1.54) is 12.1 Å². The SMILES string of the molecule is CCOc1cccc2c1O[C@@]1(C)C[C@H]2NC(=O)N1c1cccc(C(=O)N2CCN(c3ccc(F)cc3)CC2)c1. The zero-order valence-electron chi connectivity index (χ0n) is 22.0. The molecule has 0 radical (unpaired) electrons. The van der Waals surface area contributed by atoms with Crippen molar-refractivity contribution in [3.05, 3.63) is 83.7 Å². The molecular weight excluding hydrogens is 499 g/mol. The molecule has 3 aromatic rings. The Hall–Kier alpha value is -4.27. The van der Waals surface area contributed by atoms with E-state index in [9.17, 15) is 14.0 Å². The van der Waals surface area contributed by atoms with Crippen molar-refractivity contribution in [2.45, 2.75) is 32.0 Å². The van der Waals surface area contributed by atoms with Gasteiger partial charge in [-0.05, 0) is 62.4 Å². The molecule has 1 N–H and O–H groups in total. The average Bonchev–Trinajstić information content (AvgIpc) is 2.93. The predicted molar refractivity (Wildman–Crippen MR) is 146 cm³/mol. The summed E-state index contributed by atoms with van der Waals surface area (Å²) in [7, 11) is 0. The fourth-order valence-corrected chi connectivity index (χ4v) is 5.80. The van der Waals surface area contributed by atoms with Crippen LogP contribution >= 0.6 is 0 Å². The molecule has 2 atom stereocenters. The van der Waals surface area contributed by atoms with Crippen molar-refractivity contribution in [1.82, 2.24) is 10.2 Å². The summed E-state index contributed by atoms with van der Waals surface area (Å²) in [6.45, 7) is 6.71. The van der Waals surface area contributed by atoms with Gasteiger partial charge in [-0.3, -0.25) is 9.69 Å². The first-order chi connectivity index (χ1) is 18.9. The van der Waals surface area contributed by atoms with Crippen LogP contribution in [0.2, 0.25) is 0 Å². The monoisotopic (exact) mass is 530 g/mol. The van der Waals surface area contributed by atoms with E-state index in [4.69, 9.17) is 9.47 Å². The predicted octanol–water partition coefficient (Wildman–Crippen LogP) is 4.96. The number of anilines is 2. The van der Waals surface area contributed by atoms with Gasteiger partial charge in [-0.1, -0.05) is 18.2 Å². The third-order valence-electron chi connectivity index (χ3n) is 7.67. The number of amides is 3. The zero-order chi connectivity index (χ0) is 27.1. The Balaban J connectivity index is 1.22. The molecule has 6 rings (SSSR count). The van der Waals surface area contributed by atoms with Crippen LogP contribution in [0.15, 0.2) is 66.7 Å². The van der Waals surface area contributed by atoms with E-state index < -0.39 is 5.72 Å². The quantitative estimate of drug-likeness (QED) is 0.505. The molecule has 3 amide bonds. The number of urea groups is 1. The number of carbonyl (C=O) groups excluding carboxylic acids is 2. The van der Waals surface area contributed by atoms with Crippen LogP contribution in [-0.4, -0.2) is 55.3 Å². The molecule has 0 aromatic heterocycles. The van der Waals surface area contributed by atoms with Crippen LogP contribution in [0.5, 0.6) is 11.5 Å². The topological polar surface area (TPSA) is 74.3 Å². The van der Waals surface area contributed by atoms with Gasteiger partial charge in [-0.25, -0.2) is 9.18 Å². The van der Waals surface area contributed by atoms with Crippen LogP contribution < -0.4 is 24.6 Å². The van der Waals surface area contributed by atoms with Gasteiger partial charge in [0.2, 0.25) is 0 Å². The normalized spacial score (nSPS) is 22.1. The van der Waals surface area contributed by atoms with Gasteiger partial charge in [-0.15, -0.1) is 0 Å². The Labute approximate surface area is 226 Å². The highest BCUT2D eigenvalue weighted by molar-refractivity contribution is 5.99. The summed E-state index contributed by atoms with van der Waals surface area (Å²) in [6.07, 6.45) is 0.546. The van der Waals surface area contributed by atoms with Gasteiger partial charge < -0.3 is 24.6 Å². The highest BCUT2D eigenvalue weighted by Crippen LogP contribution is 2.49. The van der Waals surface area contributed by atoms with Crippen molar-refractivity contribution >= 4 is 23.3 Å². The van der Waals surface area contributed by atoms with Crippen LogP contribution in [0.1, 0.15) is 42.2 Å². The largest absolute Gasteiger partial charge is 0.490 e. The van der Waals surface area contributed by atoms with Crippen molar-refractivity contribution in [2.24, 2.45) is 0 Å². The molecule has 3 aromatic carbocycles. The summed E-state index contributed by atoms with van der Waals surface area (Å²) in [5, 5.41) is 3.11. The Morgan fingerprint density at radius 3 is 2.54 bits per heavy atom. The van der Waals surface area contributed by atoms with Gasteiger partial charge in [0.25, 0.3) is 5.91 Å². The average molecular weight is 531 g/mol. The third-order valence-corrected chi connectivity index (χ3v) is 7.67. The number of rotatable bonds is 5. The summed E-state index contributed by atoms with van der Waals surface area (Å²) in [4.78, 5) is 32.4. The van der Waals surface area contributed by atoms with Crippen LogP contribution in [0.25, 0.3) is 0 Å². The molecule has 2 fully saturated rings. The van der Waals surface area contributed by atoms with E-state index in [1.54, 1.807) is 35.2 Å². The van der Waals surface area contributed by atoms with Crippen molar-refractivity contribution in [1.29, 1.82) is 0 Å². The van der Waals surface area contributed by atoms with E-state index in [1.807, 2.05) is 43.0 Å². The first-order valence-corrected chi connectivity index (χ1v) is 13.3. The van der Waals surface area contributed by atoms with Gasteiger partial charge in [0, 0.05) is 49.4 Å². The summed E-state index contributed by atoms with van der Waals surface area (Å²) < 4.78 is 25.6. The standard InChI is InChI=1S/C30H31FN4O4/c1-3-38-26-9-5-8-24-25-19-30(2,39-27(24)26)35(29(37)32-25)23-7-4-6-20(18-23)28(36)34-16-14-33(15-17-34)22-12-10-21(31)11-13-22/h4-13,18,25H,3,14-17,19H2,1-2H3,(H,32,37)/t25-,30+/m1/s1. The van der Waals surface area contributed by atoms with Crippen LogP contribution in [0, 0.1) is 5.82 Å². The maximum atomic E-state index is 13.5. The summed E-state index contributed by atoms with van der Waals surface area (Å²) in [5.41, 5.74) is 1.97. The molecule has 8 nitrogen and oxygen atoms in total. The van der Waals surface area contributed by atoms with Gasteiger partial charge in [0.05, 0.1) is 18.3 Å². The number of para-hydroxylation sites is 1. The number of hydrogen-bond acceptors (Lipinski definition) is 5. The molecule has 0 aliphatic carbocycles. The molecule has 3 heterocycles. The van der Waals surface area contributed by atoms with Crippen LogP contribution in [-0.2, 0) is 0 Å². The van der Waals surface area contributed by atoms with Crippen molar-refractivity contribution in [3.8, 4) is 11.5 Å². The molecular formula is C30H31FN4O4. The highest BCUT2D eigenvalue weighted by atomic mass is 19.1. The van der Waals surface area contributed by atoms with Gasteiger partial charge in [0.1, 0.15) is 5.82 Å². The van der Waals surface area contributed by atoms with Crippen molar-refractivity contribution in [3.63, 3.8) is 0 Å². The van der Waals surface area contributed by atoms with Gasteiger partial charge in [0.15, 0.2) is 17.2 Å². The van der Waals surface area contributed by atoms with Gasteiger partial charge >= 0.3 is 6.03 Å². The van der Waals surface area contributed by atoms with E-state index in [0.29, 0.717) is 62.0 Å². The summed E-state index contributed by atoms with van der Waals surface area (Å²) >= 11 is 0.